The summed E-state index contributed by atoms with van der Waals surface area (Å²) in [4.78, 5) is 11.8. The number of carbonyl (C=O) groups excluding carboxylic acids is 1. The first-order valence-corrected chi connectivity index (χ1v) is 9.17. The minimum absolute atomic E-state index is 0.00943. The summed E-state index contributed by atoms with van der Waals surface area (Å²) in [6.07, 6.45) is -5.02. The number of hydrogen-bond donors (Lipinski definition) is 1. The molecule has 0 saturated heterocycles. The van der Waals surface area contributed by atoms with Crippen molar-refractivity contribution in [2.24, 2.45) is 0 Å². The number of benzene rings is 1. The predicted molar refractivity (Wildman–Crippen MR) is 93.1 cm³/mol. The normalized spacial score (nSPS) is 13.8. The molecule has 0 aliphatic rings. The lowest BCUT2D eigenvalue weighted by Gasteiger charge is -2.18. The van der Waals surface area contributed by atoms with Crippen LogP contribution in [0.4, 0.5) is 18.0 Å². The third-order valence-electron chi connectivity index (χ3n) is 3.31. The molecule has 0 aliphatic carbocycles. The number of carbonyl (C=O) groups is 1. The molecule has 1 aromatic carbocycles. The van der Waals surface area contributed by atoms with Crippen LogP contribution >= 0.6 is 11.8 Å². The molecule has 1 rings (SSSR count). The maximum Gasteiger partial charge on any atom is 0.416 e. The molecule has 1 amide bonds. The quantitative estimate of drug-likeness (QED) is 0.674. The number of hydrogen-bond acceptors (Lipinski definition) is 4. The van der Waals surface area contributed by atoms with Crippen LogP contribution in [0.15, 0.2) is 24.3 Å². The molecule has 0 fully saturated rings. The molecule has 0 saturated carbocycles. The first kappa shape index (κ1) is 21.5. The van der Waals surface area contributed by atoms with Gasteiger partial charge in [-0.2, -0.15) is 24.9 Å². The number of thioether (sulfide) groups is 1. The van der Waals surface area contributed by atoms with E-state index in [0.29, 0.717) is 13.0 Å². The van der Waals surface area contributed by atoms with Crippen LogP contribution in [0.25, 0.3) is 0 Å². The summed E-state index contributed by atoms with van der Waals surface area (Å²) in [6.45, 7) is 6.33. The van der Waals surface area contributed by atoms with Crippen LogP contribution in [0.1, 0.15) is 32.8 Å². The van der Waals surface area contributed by atoms with Crippen LogP contribution in [-0.4, -0.2) is 36.4 Å². The lowest BCUT2D eigenvalue weighted by molar-refractivity contribution is -0.137. The second-order valence-electron chi connectivity index (χ2n) is 5.42. The van der Waals surface area contributed by atoms with Gasteiger partial charge in [0.1, 0.15) is 18.5 Å². The Bertz CT molecular complexity index is 540. The number of alkyl halides is 3. The van der Waals surface area contributed by atoms with E-state index in [-0.39, 0.29) is 17.6 Å². The van der Waals surface area contributed by atoms with Gasteiger partial charge in [-0.1, -0.05) is 26.8 Å². The summed E-state index contributed by atoms with van der Waals surface area (Å²) in [5.41, 5.74) is -0.779. The Hall–Kier alpha value is -1.57. The maximum atomic E-state index is 12.7. The highest BCUT2D eigenvalue weighted by Crippen LogP contribution is 2.31. The molecule has 4 nitrogen and oxygen atoms in total. The summed E-state index contributed by atoms with van der Waals surface area (Å²) < 4.78 is 48.6. The van der Waals surface area contributed by atoms with E-state index in [1.807, 2.05) is 20.8 Å². The average Bonchev–Trinajstić information content (AvgIpc) is 2.56. The summed E-state index contributed by atoms with van der Waals surface area (Å²) >= 11 is 1.72. The van der Waals surface area contributed by atoms with Gasteiger partial charge >= 0.3 is 12.3 Å². The Morgan fingerprint density at radius 2 is 2.04 bits per heavy atom. The minimum atomic E-state index is -4.42. The van der Waals surface area contributed by atoms with Crippen molar-refractivity contribution in [3.05, 3.63) is 29.8 Å². The maximum absolute atomic E-state index is 12.7. The lowest BCUT2D eigenvalue weighted by Crippen LogP contribution is -2.34. The van der Waals surface area contributed by atoms with Gasteiger partial charge in [0.05, 0.1) is 5.56 Å². The van der Waals surface area contributed by atoms with Gasteiger partial charge in [0.2, 0.25) is 0 Å². The molecule has 142 valence electrons. The number of alkyl carbamates (subject to hydrolysis) is 1. The zero-order chi connectivity index (χ0) is 18.9. The fraction of sp³-hybridized carbons (Fsp3) is 0.588. The molecular formula is C17H24F3NO3S. The lowest BCUT2D eigenvalue weighted by atomic mass is 10.2. The highest BCUT2D eigenvalue weighted by atomic mass is 32.2. The van der Waals surface area contributed by atoms with Crippen molar-refractivity contribution in [2.45, 2.75) is 44.7 Å². The number of halogens is 3. The molecule has 0 bridgehead atoms. The molecular weight excluding hydrogens is 355 g/mol. The Balaban J connectivity index is 2.47. The van der Waals surface area contributed by atoms with Gasteiger partial charge in [0, 0.05) is 11.8 Å². The van der Waals surface area contributed by atoms with Crippen LogP contribution in [0.5, 0.6) is 5.75 Å². The van der Waals surface area contributed by atoms with E-state index in [2.05, 4.69) is 5.32 Å². The Morgan fingerprint density at radius 1 is 1.32 bits per heavy atom. The van der Waals surface area contributed by atoms with Gasteiger partial charge in [0.25, 0.3) is 0 Å². The molecule has 0 heterocycles. The third-order valence-corrected chi connectivity index (χ3v) is 4.38. The van der Waals surface area contributed by atoms with Crippen molar-refractivity contribution in [1.29, 1.82) is 0 Å². The first-order chi connectivity index (χ1) is 11.8. The van der Waals surface area contributed by atoms with E-state index in [1.54, 1.807) is 11.8 Å². The fourth-order valence-electron chi connectivity index (χ4n) is 1.95. The van der Waals surface area contributed by atoms with Crippen molar-refractivity contribution in [1.82, 2.24) is 5.32 Å². The van der Waals surface area contributed by atoms with Gasteiger partial charge in [-0.25, -0.2) is 4.79 Å². The van der Waals surface area contributed by atoms with Crippen LogP contribution in [-0.2, 0) is 10.9 Å². The summed E-state index contributed by atoms with van der Waals surface area (Å²) in [6, 6.07) is 4.62. The summed E-state index contributed by atoms with van der Waals surface area (Å²) in [5.74, 6) is 1.05. The van der Waals surface area contributed by atoms with Crippen LogP contribution in [0.2, 0.25) is 0 Å². The van der Waals surface area contributed by atoms with Gasteiger partial charge in [-0.15, -0.1) is 0 Å². The van der Waals surface area contributed by atoms with Crippen LogP contribution < -0.4 is 10.1 Å². The molecule has 25 heavy (non-hydrogen) atoms. The smallest absolute Gasteiger partial charge is 0.416 e. The predicted octanol–water partition coefficient (Wildman–Crippen LogP) is 4.73. The second-order valence-corrected chi connectivity index (χ2v) is 7.13. The molecule has 1 N–H and O–H groups in total. The molecule has 0 radical (unpaired) electrons. The molecule has 1 aromatic rings. The van der Waals surface area contributed by atoms with Crippen LogP contribution in [0, 0.1) is 0 Å². The van der Waals surface area contributed by atoms with E-state index in [9.17, 15) is 18.0 Å². The highest BCUT2D eigenvalue weighted by Gasteiger charge is 2.30. The number of ether oxygens (including phenoxy) is 2. The number of nitrogens with one attached hydrogen (secondary N) is 1. The summed E-state index contributed by atoms with van der Waals surface area (Å²) in [7, 11) is 0. The Kier molecular flexibility index (Phi) is 8.96. The molecule has 2 atom stereocenters. The Morgan fingerprint density at radius 3 is 2.64 bits per heavy atom. The number of amides is 1. The third kappa shape index (κ3) is 8.38. The zero-order valence-electron chi connectivity index (χ0n) is 14.6. The van der Waals surface area contributed by atoms with E-state index >= 15 is 0 Å². The molecule has 8 heteroatoms. The van der Waals surface area contributed by atoms with Gasteiger partial charge in [-0.05, 0) is 30.4 Å². The first-order valence-electron chi connectivity index (χ1n) is 8.12. The standard InChI is InChI=1S/C17H24F3NO3S/c1-4-14(24-16(22)21-10-12(3)25-5-2)11-23-15-8-6-7-13(9-15)17(18,19)20/h6-9,12,14H,4-5,10-11H2,1-3H3,(H,21,22). The SMILES string of the molecule is CCSC(C)CNC(=O)OC(CC)COc1cccc(C(F)(F)F)c1. The van der Waals surface area contributed by atoms with Gasteiger partial charge < -0.3 is 14.8 Å². The molecule has 0 aliphatic heterocycles. The van der Waals surface area contributed by atoms with Gasteiger partial charge in [0.15, 0.2) is 0 Å². The number of rotatable bonds is 9. The van der Waals surface area contributed by atoms with Crippen molar-refractivity contribution in [2.75, 3.05) is 18.9 Å². The largest absolute Gasteiger partial charge is 0.490 e. The molecule has 2 unspecified atom stereocenters. The monoisotopic (exact) mass is 379 g/mol. The van der Waals surface area contributed by atoms with E-state index in [1.165, 1.54) is 12.1 Å². The van der Waals surface area contributed by atoms with Crippen LogP contribution in [0.3, 0.4) is 0 Å². The minimum Gasteiger partial charge on any atom is -0.490 e. The van der Waals surface area contributed by atoms with Crippen molar-refractivity contribution in [3.63, 3.8) is 0 Å². The average molecular weight is 379 g/mol. The Labute approximate surface area is 150 Å². The zero-order valence-corrected chi connectivity index (χ0v) is 15.4. The van der Waals surface area contributed by atoms with Crippen molar-refractivity contribution >= 4 is 17.9 Å². The van der Waals surface area contributed by atoms with Crippen molar-refractivity contribution in [3.8, 4) is 5.75 Å². The van der Waals surface area contributed by atoms with Gasteiger partial charge in [-0.3, -0.25) is 0 Å². The van der Waals surface area contributed by atoms with E-state index < -0.39 is 23.9 Å². The second kappa shape index (κ2) is 10.4. The highest BCUT2D eigenvalue weighted by molar-refractivity contribution is 7.99. The van der Waals surface area contributed by atoms with E-state index in [4.69, 9.17) is 9.47 Å². The molecule has 0 aromatic heterocycles. The molecule has 0 spiro atoms. The van der Waals surface area contributed by atoms with E-state index in [0.717, 1.165) is 17.9 Å². The van der Waals surface area contributed by atoms with Crippen molar-refractivity contribution < 1.29 is 27.4 Å². The fourth-order valence-corrected chi connectivity index (χ4v) is 2.72. The summed E-state index contributed by atoms with van der Waals surface area (Å²) in [5, 5.41) is 2.95. The topological polar surface area (TPSA) is 47.6 Å².